The predicted octanol–water partition coefficient (Wildman–Crippen LogP) is 1.49. The van der Waals surface area contributed by atoms with Gasteiger partial charge in [0.2, 0.25) is 5.91 Å². The molecule has 2 amide bonds. The second-order valence-electron chi connectivity index (χ2n) is 8.26. The third-order valence-electron chi connectivity index (χ3n) is 5.94. The number of anilines is 2. The van der Waals surface area contributed by atoms with Gasteiger partial charge in [0, 0.05) is 18.4 Å². The van der Waals surface area contributed by atoms with Crippen LogP contribution in [0.5, 0.6) is 0 Å². The van der Waals surface area contributed by atoms with Crippen molar-refractivity contribution >= 4 is 23.2 Å². The highest BCUT2D eigenvalue weighted by Gasteiger charge is 2.31. The molecule has 2 N–H and O–H groups in total. The highest BCUT2D eigenvalue weighted by atomic mass is 16.2. The lowest BCUT2D eigenvalue weighted by atomic mass is 10.1. The van der Waals surface area contributed by atoms with E-state index >= 15 is 0 Å². The van der Waals surface area contributed by atoms with Gasteiger partial charge in [-0.2, -0.15) is 0 Å². The number of para-hydroxylation sites is 1. The maximum absolute atomic E-state index is 12.9. The van der Waals surface area contributed by atoms with E-state index in [1.165, 1.54) is 21.1 Å². The first kappa shape index (κ1) is 21.8. The normalized spacial score (nSPS) is 15.5. The molecule has 0 aromatic heterocycles. The Kier molecular flexibility index (Phi) is 7.11. The fraction of sp³-hybridized carbons (Fsp3) is 0.417. The molecule has 3 rings (SSSR count). The molecule has 0 aliphatic carbocycles. The quantitative estimate of drug-likeness (QED) is 0.760. The van der Waals surface area contributed by atoms with E-state index in [2.05, 4.69) is 41.4 Å². The summed E-state index contributed by atoms with van der Waals surface area (Å²) < 4.78 is 0. The Morgan fingerprint density at radius 1 is 1.07 bits per heavy atom. The van der Waals surface area contributed by atoms with E-state index in [1.807, 2.05) is 38.1 Å². The highest BCUT2D eigenvalue weighted by Crippen LogP contribution is 2.19. The van der Waals surface area contributed by atoms with Crippen molar-refractivity contribution in [1.82, 2.24) is 4.90 Å². The average molecular weight is 410 g/mol. The summed E-state index contributed by atoms with van der Waals surface area (Å²) in [6.07, 6.45) is 0. The Bertz CT molecular complexity index is 873. The molecule has 6 nitrogen and oxygen atoms in total. The Labute approximate surface area is 179 Å². The van der Waals surface area contributed by atoms with Crippen molar-refractivity contribution in [3.05, 3.63) is 59.7 Å². The predicted molar refractivity (Wildman–Crippen MR) is 121 cm³/mol. The number of aryl methyl sites for hydroxylation is 2. The number of rotatable bonds is 6. The van der Waals surface area contributed by atoms with Gasteiger partial charge in [-0.15, -0.1) is 0 Å². The molecule has 30 heavy (non-hydrogen) atoms. The van der Waals surface area contributed by atoms with Crippen LogP contribution in [-0.2, 0) is 9.59 Å². The molecule has 2 aromatic carbocycles. The molecule has 1 atom stereocenters. The maximum atomic E-state index is 12.9. The van der Waals surface area contributed by atoms with Crippen LogP contribution in [0, 0.1) is 13.8 Å². The van der Waals surface area contributed by atoms with Gasteiger partial charge in [-0.3, -0.25) is 9.59 Å². The first-order valence-corrected chi connectivity index (χ1v) is 10.6. The molecule has 0 radical (unpaired) electrons. The summed E-state index contributed by atoms with van der Waals surface area (Å²) in [4.78, 5) is 30.4. The van der Waals surface area contributed by atoms with E-state index in [1.54, 1.807) is 7.05 Å². The summed E-state index contributed by atoms with van der Waals surface area (Å²) in [5, 5.41) is 2.86. The third kappa shape index (κ3) is 5.39. The molecule has 1 aliphatic heterocycles. The number of amides is 2. The molecular weight excluding hydrogens is 376 g/mol. The fourth-order valence-electron chi connectivity index (χ4n) is 4.02. The maximum Gasteiger partial charge on any atom is 0.280 e. The molecule has 1 heterocycles. The summed E-state index contributed by atoms with van der Waals surface area (Å²) in [7, 11) is 1.70. The lowest BCUT2D eigenvalue weighted by molar-refractivity contribution is -0.915. The molecule has 0 bridgehead atoms. The van der Waals surface area contributed by atoms with E-state index in [4.69, 9.17) is 0 Å². The number of piperazine rings is 1. The second-order valence-corrected chi connectivity index (χ2v) is 8.26. The molecule has 6 heteroatoms. The van der Waals surface area contributed by atoms with Crippen molar-refractivity contribution in [3.8, 4) is 0 Å². The fourth-order valence-corrected chi connectivity index (χ4v) is 4.02. The van der Waals surface area contributed by atoms with Gasteiger partial charge in [0.15, 0.2) is 6.04 Å². The molecule has 2 aromatic rings. The molecule has 0 saturated carbocycles. The number of benzene rings is 2. The zero-order chi connectivity index (χ0) is 21.7. The molecule has 0 unspecified atom stereocenters. The van der Waals surface area contributed by atoms with Crippen molar-refractivity contribution in [2.45, 2.75) is 26.8 Å². The summed E-state index contributed by atoms with van der Waals surface area (Å²) in [5.74, 6) is -0.172. The summed E-state index contributed by atoms with van der Waals surface area (Å²) >= 11 is 0. The number of hydrogen-bond acceptors (Lipinski definition) is 3. The molecule has 160 valence electrons. The highest BCUT2D eigenvalue weighted by molar-refractivity contribution is 5.94. The van der Waals surface area contributed by atoms with Gasteiger partial charge in [0.05, 0.1) is 32.7 Å². The van der Waals surface area contributed by atoms with Crippen molar-refractivity contribution in [3.63, 3.8) is 0 Å². The third-order valence-corrected chi connectivity index (χ3v) is 5.94. The zero-order valence-corrected chi connectivity index (χ0v) is 18.4. The minimum absolute atomic E-state index is 0.00778. The molecule has 1 saturated heterocycles. The van der Waals surface area contributed by atoms with Crippen LogP contribution in [0.3, 0.4) is 0 Å². The number of carbonyl (C=O) groups is 2. The van der Waals surface area contributed by atoms with Gasteiger partial charge in [-0.25, -0.2) is 0 Å². The number of hydrogen-bond donors (Lipinski definition) is 2. The lowest BCUT2D eigenvalue weighted by Gasteiger charge is -2.37. The monoisotopic (exact) mass is 409 g/mol. The van der Waals surface area contributed by atoms with Crippen LogP contribution in [0.1, 0.15) is 18.1 Å². The van der Waals surface area contributed by atoms with Crippen LogP contribution in [0.4, 0.5) is 11.4 Å². The smallest absolute Gasteiger partial charge is 0.280 e. The molecule has 1 fully saturated rings. The Hall–Kier alpha value is -2.86. The topological polar surface area (TPSA) is 57.1 Å². The second kappa shape index (κ2) is 9.76. The summed E-state index contributed by atoms with van der Waals surface area (Å²) in [5.41, 5.74) is 4.45. The van der Waals surface area contributed by atoms with Gasteiger partial charge in [-0.05, 0) is 44.5 Å². The van der Waals surface area contributed by atoms with Crippen molar-refractivity contribution in [1.29, 1.82) is 0 Å². The van der Waals surface area contributed by atoms with Crippen LogP contribution in [0.15, 0.2) is 48.5 Å². The lowest BCUT2D eigenvalue weighted by Crippen LogP contribution is -3.19. The van der Waals surface area contributed by atoms with Crippen molar-refractivity contribution in [2.75, 3.05) is 50.0 Å². The van der Waals surface area contributed by atoms with Gasteiger partial charge >= 0.3 is 0 Å². The van der Waals surface area contributed by atoms with Crippen LogP contribution in [0.25, 0.3) is 0 Å². The first-order chi connectivity index (χ1) is 14.3. The van der Waals surface area contributed by atoms with Gasteiger partial charge in [0.25, 0.3) is 5.91 Å². The number of nitrogens with zero attached hydrogens (tertiary/aromatic N) is 2. The van der Waals surface area contributed by atoms with E-state index < -0.39 is 0 Å². The van der Waals surface area contributed by atoms with Crippen LogP contribution < -0.4 is 15.1 Å². The molecule has 0 spiro atoms. The number of quaternary nitrogens is 1. The van der Waals surface area contributed by atoms with Gasteiger partial charge < -0.3 is 20.0 Å². The van der Waals surface area contributed by atoms with Gasteiger partial charge in [-0.1, -0.05) is 35.9 Å². The van der Waals surface area contributed by atoms with Crippen LogP contribution in [0.2, 0.25) is 0 Å². The number of carbonyl (C=O) groups excluding carboxylic acids is 2. The van der Waals surface area contributed by atoms with Gasteiger partial charge in [0.1, 0.15) is 0 Å². The zero-order valence-electron chi connectivity index (χ0n) is 18.4. The molecular formula is C24H33N4O2+. The summed E-state index contributed by atoms with van der Waals surface area (Å²) in [6.45, 7) is 9.83. The van der Waals surface area contributed by atoms with E-state index in [0.717, 1.165) is 37.4 Å². The Morgan fingerprint density at radius 3 is 2.33 bits per heavy atom. The van der Waals surface area contributed by atoms with E-state index in [-0.39, 0.29) is 24.4 Å². The minimum Gasteiger partial charge on any atom is -0.360 e. The largest absolute Gasteiger partial charge is 0.360 e. The van der Waals surface area contributed by atoms with E-state index in [9.17, 15) is 9.59 Å². The van der Waals surface area contributed by atoms with E-state index in [0.29, 0.717) is 0 Å². The number of nitrogens with one attached hydrogen (secondary N) is 2. The van der Waals surface area contributed by atoms with Crippen LogP contribution >= 0.6 is 0 Å². The average Bonchev–Trinajstić information content (AvgIpc) is 2.74. The summed E-state index contributed by atoms with van der Waals surface area (Å²) in [6, 6.07) is 15.9. The number of likely N-dealkylation sites (N-methyl/N-ethyl adjacent to an activating group) is 1. The van der Waals surface area contributed by atoms with Crippen molar-refractivity contribution < 1.29 is 14.5 Å². The standard InChI is InChI=1S/C24H32N4O2/c1-18-9-11-21(12-10-18)25-23(29)17-26(4)24(30)20(3)27-13-15-28(16-14-27)22-8-6-5-7-19(22)2/h5-12,20H,13-17H2,1-4H3,(H,25,29)/p+1/t20-/m1/s1. The van der Waals surface area contributed by atoms with Crippen molar-refractivity contribution in [2.24, 2.45) is 0 Å². The first-order valence-electron chi connectivity index (χ1n) is 10.6. The molecule has 1 aliphatic rings. The Balaban J connectivity index is 1.49. The SMILES string of the molecule is Cc1ccc(NC(=O)CN(C)C(=O)[C@@H](C)[NH+]2CCN(c3ccccc3C)CC2)cc1. The Morgan fingerprint density at radius 2 is 1.70 bits per heavy atom. The minimum atomic E-state index is -0.179. The van der Waals surface area contributed by atoms with Crippen LogP contribution in [-0.4, -0.2) is 62.5 Å².